The molecule has 2 N–H and O–H groups in total. The molecule has 1 aliphatic heterocycles. The van der Waals surface area contributed by atoms with Crippen LogP contribution in [0.1, 0.15) is 57.1 Å². The van der Waals surface area contributed by atoms with Crippen molar-refractivity contribution in [2.24, 2.45) is 5.92 Å². The minimum atomic E-state index is -3.40. The number of H-pyrrole nitrogens is 1. The number of aryl methyl sites for hydroxylation is 1. The highest BCUT2D eigenvalue weighted by Crippen LogP contribution is 2.32. The average Bonchev–Trinajstić information content (AvgIpc) is 3.12. The molecule has 24 heavy (non-hydrogen) atoms. The fraction of sp³-hybridized carbons (Fsp3) is 0.750. The third kappa shape index (κ3) is 3.49. The number of imidazole rings is 1. The highest BCUT2D eigenvalue weighted by atomic mass is 32.2. The molecule has 0 bridgehead atoms. The second kappa shape index (κ2) is 6.48. The summed E-state index contributed by atoms with van der Waals surface area (Å²) in [5.74, 6) is 0.530. The Morgan fingerprint density at radius 2 is 2.08 bits per heavy atom. The van der Waals surface area contributed by atoms with Gasteiger partial charge >= 0.3 is 0 Å². The Balaban J connectivity index is 1.78. The lowest BCUT2D eigenvalue weighted by Crippen LogP contribution is -2.51. The molecule has 0 unspecified atom stereocenters. The topological polar surface area (TPSA) is 95.2 Å². The molecule has 1 aliphatic carbocycles. The van der Waals surface area contributed by atoms with Crippen LogP contribution in [0, 0.1) is 12.8 Å². The lowest BCUT2D eigenvalue weighted by atomic mass is 10.0. The standard InChI is InChI=1S/C16H26N4O3S/c1-10(2)14(19-24(22,23)12-6-7-12)16(21)20-8-4-5-13(20)15-17-9-11(3)18-15/h9-10,12-14,19H,4-8H2,1-3H3,(H,17,18)/t13-,14+/m0/s1. The highest BCUT2D eigenvalue weighted by molar-refractivity contribution is 7.90. The van der Waals surface area contributed by atoms with Gasteiger partial charge in [0, 0.05) is 18.4 Å². The van der Waals surface area contributed by atoms with E-state index in [2.05, 4.69) is 14.7 Å². The average molecular weight is 354 g/mol. The van der Waals surface area contributed by atoms with Gasteiger partial charge in [-0.15, -0.1) is 0 Å². The van der Waals surface area contributed by atoms with E-state index < -0.39 is 16.1 Å². The highest BCUT2D eigenvalue weighted by Gasteiger charge is 2.42. The Labute approximate surface area is 143 Å². The van der Waals surface area contributed by atoms with Crippen molar-refractivity contribution < 1.29 is 13.2 Å². The van der Waals surface area contributed by atoms with Gasteiger partial charge in [0.15, 0.2) is 0 Å². The maximum Gasteiger partial charge on any atom is 0.241 e. The maximum absolute atomic E-state index is 13.1. The summed E-state index contributed by atoms with van der Waals surface area (Å²) in [5, 5.41) is -0.325. The van der Waals surface area contributed by atoms with Gasteiger partial charge in [0.2, 0.25) is 15.9 Å². The molecule has 7 nitrogen and oxygen atoms in total. The molecule has 1 aromatic rings. The van der Waals surface area contributed by atoms with Gasteiger partial charge in [-0.25, -0.2) is 18.1 Å². The first kappa shape index (κ1) is 17.4. The van der Waals surface area contributed by atoms with E-state index in [4.69, 9.17) is 0 Å². The third-order valence-corrected chi connectivity index (χ3v) is 6.69. The van der Waals surface area contributed by atoms with Gasteiger partial charge in [-0.1, -0.05) is 13.8 Å². The van der Waals surface area contributed by atoms with Crippen molar-refractivity contribution in [1.29, 1.82) is 0 Å². The minimum absolute atomic E-state index is 0.0992. The molecule has 1 saturated heterocycles. The molecule has 0 spiro atoms. The Morgan fingerprint density at radius 1 is 1.38 bits per heavy atom. The summed E-state index contributed by atoms with van der Waals surface area (Å²) in [7, 11) is -3.40. The number of carbonyl (C=O) groups is 1. The molecular formula is C16H26N4O3S. The number of amides is 1. The molecule has 2 fully saturated rings. The summed E-state index contributed by atoms with van der Waals surface area (Å²) in [5.41, 5.74) is 0.958. The van der Waals surface area contributed by atoms with Crippen LogP contribution in [-0.4, -0.2) is 47.0 Å². The number of nitrogens with one attached hydrogen (secondary N) is 2. The number of aromatic nitrogens is 2. The Hall–Kier alpha value is -1.41. The molecule has 1 aromatic heterocycles. The third-order valence-electron chi connectivity index (χ3n) is 4.76. The number of likely N-dealkylation sites (tertiary alicyclic amines) is 1. The first-order valence-electron chi connectivity index (χ1n) is 8.62. The number of hydrogen-bond acceptors (Lipinski definition) is 4. The predicted molar refractivity (Wildman–Crippen MR) is 90.7 cm³/mol. The molecule has 134 valence electrons. The molecule has 8 heteroatoms. The molecule has 2 atom stereocenters. The van der Waals surface area contributed by atoms with E-state index in [0.29, 0.717) is 19.4 Å². The predicted octanol–water partition coefficient (Wildman–Crippen LogP) is 1.49. The van der Waals surface area contributed by atoms with Crippen molar-refractivity contribution in [3.8, 4) is 0 Å². The fourth-order valence-corrected chi connectivity index (χ4v) is 4.89. The Kier molecular flexibility index (Phi) is 4.70. The van der Waals surface area contributed by atoms with Crippen molar-refractivity contribution in [2.75, 3.05) is 6.54 Å². The van der Waals surface area contributed by atoms with E-state index in [9.17, 15) is 13.2 Å². The van der Waals surface area contributed by atoms with E-state index in [1.165, 1.54) is 0 Å². The zero-order valence-corrected chi connectivity index (χ0v) is 15.3. The van der Waals surface area contributed by atoms with E-state index in [1.807, 2.05) is 20.8 Å². The quantitative estimate of drug-likeness (QED) is 0.809. The molecule has 0 radical (unpaired) electrons. The van der Waals surface area contributed by atoms with Crippen molar-refractivity contribution in [3.05, 3.63) is 17.7 Å². The molecule has 2 aliphatic rings. The van der Waals surface area contributed by atoms with E-state index in [1.54, 1.807) is 11.1 Å². The molecular weight excluding hydrogens is 328 g/mol. The van der Waals surface area contributed by atoms with Crippen LogP contribution < -0.4 is 4.72 Å². The number of nitrogens with zero attached hydrogens (tertiary/aromatic N) is 2. The normalized spacial score (nSPS) is 23.0. The van der Waals surface area contributed by atoms with Gasteiger partial charge in [0.1, 0.15) is 11.9 Å². The molecule has 1 amide bonds. The summed E-state index contributed by atoms with van der Waals surface area (Å²) in [4.78, 5) is 22.4. The number of aromatic amines is 1. The van der Waals surface area contributed by atoms with Crippen LogP contribution in [0.4, 0.5) is 0 Å². The first-order chi connectivity index (χ1) is 11.3. The van der Waals surface area contributed by atoms with E-state index in [0.717, 1.165) is 24.4 Å². The van der Waals surface area contributed by atoms with Crippen molar-refractivity contribution in [2.45, 2.75) is 63.8 Å². The van der Waals surface area contributed by atoms with Gasteiger partial charge in [-0.05, 0) is 38.5 Å². The second-order valence-corrected chi connectivity index (χ2v) is 9.22. The van der Waals surface area contributed by atoms with Gasteiger partial charge < -0.3 is 9.88 Å². The molecule has 2 heterocycles. The van der Waals surface area contributed by atoms with Crippen LogP contribution in [0.2, 0.25) is 0 Å². The van der Waals surface area contributed by atoms with Crippen molar-refractivity contribution in [3.63, 3.8) is 0 Å². The van der Waals surface area contributed by atoms with Crippen LogP contribution in [0.5, 0.6) is 0 Å². The van der Waals surface area contributed by atoms with E-state index >= 15 is 0 Å². The van der Waals surface area contributed by atoms with Crippen LogP contribution in [0.15, 0.2) is 6.20 Å². The number of carbonyl (C=O) groups excluding carboxylic acids is 1. The van der Waals surface area contributed by atoms with E-state index in [-0.39, 0.29) is 23.1 Å². The Morgan fingerprint density at radius 3 is 2.62 bits per heavy atom. The van der Waals surface area contributed by atoms with Crippen molar-refractivity contribution in [1.82, 2.24) is 19.6 Å². The monoisotopic (exact) mass is 354 g/mol. The SMILES string of the molecule is Cc1cnc([C@@H]2CCCN2C(=O)[C@H](NS(=O)(=O)C2CC2)C(C)C)[nH]1. The first-order valence-corrected chi connectivity index (χ1v) is 10.2. The van der Waals surface area contributed by atoms with Gasteiger partial charge in [0.05, 0.1) is 11.3 Å². The number of sulfonamides is 1. The van der Waals surface area contributed by atoms with Crippen molar-refractivity contribution >= 4 is 15.9 Å². The lowest BCUT2D eigenvalue weighted by molar-refractivity contribution is -0.135. The zero-order valence-electron chi connectivity index (χ0n) is 14.4. The largest absolute Gasteiger partial charge is 0.344 e. The molecule has 1 saturated carbocycles. The second-order valence-electron chi connectivity index (χ2n) is 7.23. The van der Waals surface area contributed by atoms with Crippen LogP contribution in [0.3, 0.4) is 0 Å². The fourth-order valence-electron chi connectivity index (χ4n) is 3.22. The van der Waals surface area contributed by atoms with Crippen LogP contribution >= 0.6 is 0 Å². The summed E-state index contributed by atoms with van der Waals surface area (Å²) >= 11 is 0. The summed E-state index contributed by atoms with van der Waals surface area (Å²) in [6.45, 7) is 6.32. The summed E-state index contributed by atoms with van der Waals surface area (Å²) in [6.07, 6.45) is 4.87. The maximum atomic E-state index is 13.1. The summed E-state index contributed by atoms with van der Waals surface area (Å²) < 4.78 is 27.2. The van der Waals surface area contributed by atoms with Crippen LogP contribution in [-0.2, 0) is 14.8 Å². The minimum Gasteiger partial charge on any atom is -0.344 e. The van der Waals surface area contributed by atoms with Gasteiger partial charge in [-0.3, -0.25) is 4.79 Å². The number of rotatable bonds is 6. The zero-order chi connectivity index (χ0) is 17.5. The van der Waals surface area contributed by atoms with Crippen LogP contribution in [0.25, 0.3) is 0 Å². The smallest absolute Gasteiger partial charge is 0.241 e. The Bertz CT molecular complexity index is 709. The number of hydrogen-bond donors (Lipinski definition) is 2. The summed E-state index contributed by atoms with van der Waals surface area (Å²) in [6, 6.07) is -0.815. The molecule has 3 rings (SSSR count). The van der Waals surface area contributed by atoms with Gasteiger partial charge in [0.25, 0.3) is 0 Å². The lowest BCUT2D eigenvalue weighted by Gasteiger charge is -2.30. The molecule has 0 aromatic carbocycles. The van der Waals surface area contributed by atoms with Gasteiger partial charge in [-0.2, -0.15) is 0 Å².